The fourth-order valence-electron chi connectivity index (χ4n) is 1.91. The second-order valence-electron chi connectivity index (χ2n) is 5.57. The number of benzene rings is 1. The van der Waals surface area contributed by atoms with Crippen LogP contribution in [0.25, 0.3) is 0 Å². The van der Waals surface area contributed by atoms with Crippen molar-refractivity contribution in [2.24, 2.45) is 5.84 Å². The summed E-state index contributed by atoms with van der Waals surface area (Å²) < 4.78 is 5.96. The van der Waals surface area contributed by atoms with Crippen LogP contribution in [0.15, 0.2) is 35.5 Å². The van der Waals surface area contributed by atoms with E-state index in [2.05, 4.69) is 42.2 Å². The number of aromatic nitrogens is 2. The van der Waals surface area contributed by atoms with Gasteiger partial charge in [-0.2, -0.15) is 4.98 Å². The molecule has 0 aliphatic carbocycles. The monoisotopic (exact) mass is 304 g/mol. The van der Waals surface area contributed by atoms with Crippen molar-refractivity contribution in [1.29, 1.82) is 0 Å². The number of hydrogen-bond donors (Lipinski definition) is 2. The Morgan fingerprint density at radius 2 is 1.90 bits per heavy atom. The third-order valence-corrected chi connectivity index (χ3v) is 3.47. The highest BCUT2D eigenvalue weighted by Gasteiger charge is 2.19. The van der Waals surface area contributed by atoms with Crippen molar-refractivity contribution in [2.45, 2.75) is 31.3 Å². The molecule has 0 fully saturated rings. The maximum Gasteiger partial charge on any atom is 0.225 e. The van der Waals surface area contributed by atoms with Crippen LogP contribution in [0.5, 0.6) is 11.6 Å². The van der Waals surface area contributed by atoms with E-state index in [0.717, 1.165) is 11.3 Å². The van der Waals surface area contributed by atoms with Gasteiger partial charge in [0, 0.05) is 11.6 Å². The molecular formula is C15H20N4OS. The molecule has 0 bridgehead atoms. The van der Waals surface area contributed by atoms with E-state index in [4.69, 9.17) is 10.6 Å². The molecule has 0 saturated heterocycles. The summed E-state index contributed by atoms with van der Waals surface area (Å²) in [6.07, 6.45) is 1.91. The molecule has 5 nitrogen and oxygen atoms in total. The van der Waals surface area contributed by atoms with Crippen molar-refractivity contribution < 1.29 is 4.74 Å². The lowest BCUT2D eigenvalue weighted by Crippen LogP contribution is -2.13. The highest BCUT2D eigenvalue weighted by atomic mass is 32.2. The van der Waals surface area contributed by atoms with Crippen molar-refractivity contribution in [3.05, 3.63) is 35.9 Å². The summed E-state index contributed by atoms with van der Waals surface area (Å²) in [6.45, 7) is 6.44. The van der Waals surface area contributed by atoms with Crippen LogP contribution in [0.3, 0.4) is 0 Å². The van der Waals surface area contributed by atoms with E-state index in [9.17, 15) is 0 Å². The molecule has 0 aliphatic heterocycles. The summed E-state index contributed by atoms with van der Waals surface area (Å²) in [7, 11) is 0. The van der Waals surface area contributed by atoms with Gasteiger partial charge in [-0.05, 0) is 17.7 Å². The predicted molar refractivity (Wildman–Crippen MR) is 86.8 cm³/mol. The summed E-state index contributed by atoms with van der Waals surface area (Å²) >= 11 is 1.44. The number of nitrogens with two attached hydrogens (primary N) is 1. The fourth-order valence-corrected chi connectivity index (χ4v) is 2.28. The molecular weight excluding hydrogens is 284 g/mol. The number of nitrogen functional groups attached to an aromatic ring is 1. The summed E-state index contributed by atoms with van der Waals surface area (Å²) in [6, 6.07) is 9.64. The number of ether oxygens (including phenoxy) is 1. The van der Waals surface area contributed by atoms with Crippen LogP contribution in [-0.2, 0) is 5.41 Å². The average molecular weight is 304 g/mol. The van der Waals surface area contributed by atoms with Crippen LogP contribution in [-0.4, -0.2) is 16.2 Å². The third kappa shape index (κ3) is 3.86. The Bertz CT molecular complexity index is 603. The van der Waals surface area contributed by atoms with Gasteiger partial charge in [-0.1, -0.05) is 50.7 Å². The van der Waals surface area contributed by atoms with Gasteiger partial charge in [0.25, 0.3) is 0 Å². The van der Waals surface area contributed by atoms with Crippen molar-refractivity contribution >= 4 is 17.6 Å². The molecule has 2 aromatic rings. The Hall–Kier alpha value is -1.79. The van der Waals surface area contributed by atoms with E-state index < -0.39 is 0 Å². The number of nitrogens with zero attached hydrogens (tertiary/aromatic N) is 2. The molecule has 2 rings (SSSR count). The Kier molecular flexibility index (Phi) is 4.69. The lowest BCUT2D eigenvalue weighted by molar-refractivity contribution is 0.434. The van der Waals surface area contributed by atoms with Crippen molar-refractivity contribution in [3.63, 3.8) is 0 Å². The van der Waals surface area contributed by atoms with E-state index in [1.165, 1.54) is 11.8 Å². The van der Waals surface area contributed by atoms with E-state index in [1.54, 1.807) is 6.07 Å². The number of rotatable bonds is 4. The zero-order valence-electron chi connectivity index (χ0n) is 12.7. The average Bonchev–Trinajstić information content (AvgIpc) is 2.46. The van der Waals surface area contributed by atoms with Gasteiger partial charge in [0.15, 0.2) is 5.16 Å². The standard InChI is InChI=1S/C15H20N4OS/c1-15(2,3)10-7-5-6-8-11(10)20-13-9-12(19-16)17-14(18-13)21-4/h5-9H,16H2,1-4H3,(H,17,18,19). The molecule has 112 valence electrons. The van der Waals surface area contributed by atoms with E-state index in [0.29, 0.717) is 16.9 Å². The van der Waals surface area contributed by atoms with E-state index in [1.807, 2.05) is 24.5 Å². The molecule has 0 radical (unpaired) electrons. The molecule has 0 spiro atoms. The van der Waals surface area contributed by atoms with Crippen LogP contribution in [0.1, 0.15) is 26.3 Å². The second kappa shape index (κ2) is 6.32. The molecule has 3 N–H and O–H groups in total. The van der Waals surface area contributed by atoms with Gasteiger partial charge in [0.05, 0.1) is 0 Å². The smallest absolute Gasteiger partial charge is 0.225 e. The molecule has 1 heterocycles. The van der Waals surface area contributed by atoms with E-state index >= 15 is 0 Å². The van der Waals surface area contributed by atoms with Crippen LogP contribution >= 0.6 is 11.8 Å². The van der Waals surface area contributed by atoms with Crippen LogP contribution in [0.2, 0.25) is 0 Å². The first-order valence-electron chi connectivity index (χ1n) is 6.61. The zero-order chi connectivity index (χ0) is 15.5. The lowest BCUT2D eigenvalue weighted by Gasteiger charge is -2.22. The topological polar surface area (TPSA) is 73.1 Å². The van der Waals surface area contributed by atoms with Gasteiger partial charge < -0.3 is 10.2 Å². The van der Waals surface area contributed by atoms with Crippen LogP contribution in [0, 0.1) is 0 Å². The van der Waals surface area contributed by atoms with Gasteiger partial charge in [-0.3, -0.25) is 0 Å². The third-order valence-electron chi connectivity index (χ3n) is 2.92. The Labute approximate surface area is 129 Å². The first kappa shape index (κ1) is 15.6. The minimum Gasteiger partial charge on any atom is -0.438 e. The molecule has 21 heavy (non-hydrogen) atoms. The quantitative estimate of drug-likeness (QED) is 0.389. The van der Waals surface area contributed by atoms with Crippen LogP contribution in [0.4, 0.5) is 5.82 Å². The van der Waals surface area contributed by atoms with Gasteiger partial charge in [0.1, 0.15) is 11.6 Å². The molecule has 0 aliphatic rings. The van der Waals surface area contributed by atoms with Gasteiger partial charge >= 0.3 is 0 Å². The number of para-hydroxylation sites is 1. The lowest BCUT2D eigenvalue weighted by atomic mass is 9.86. The molecule has 1 aromatic heterocycles. The Morgan fingerprint density at radius 3 is 2.52 bits per heavy atom. The number of hydrazine groups is 1. The van der Waals surface area contributed by atoms with Crippen molar-refractivity contribution in [1.82, 2.24) is 9.97 Å². The number of anilines is 1. The second-order valence-corrected chi connectivity index (χ2v) is 6.34. The first-order valence-corrected chi connectivity index (χ1v) is 7.83. The maximum atomic E-state index is 5.96. The number of nitrogens with one attached hydrogen (secondary N) is 1. The highest BCUT2D eigenvalue weighted by Crippen LogP contribution is 2.34. The molecule has 6 heteroatoms. The van der Waals surface area contributed by atoms with Crippen LogP contribution < -0.4 is 16.0 Å². The maximum absolute atomic E-state index is 5.96. The summed E-state index contributed by atoms with van der Waals surface area (Å²) in [5.41, 5.74) is 3.64. The Balaban J connectivity index is 2.39. The minimum absolute atomic E-state index is 0.0130. The van der Waals surface area contributed by atoms with E-state index in [-0.39, 0.29) is 5.41 Å². The minimum atomic E-state index is -0.0130. The Morgan fingerprint density at radius 1 is 1.19 bits per heavy atom. The first-order chi connectivity index (χ1) is 9.94. The SMILES string of the molecule is CSc1nc(NN)cc(Oc2ccccc2C(C)(C)C)n1. The predicted octanol–water partition coefficient (Wildman–Crippen LogP) is 3.57. The van der Waals surface area contributed by atoms with Gasteiger partial charge in [-0.25, -0.2) is 10.8 Å². The highest BCUT2D eigenvalue weighted by molar-refractivity contribution is 7.98. The largest absolute Gasteiger partial charge is 0.438 e. The van der Waals surface area contributed by atoms with Crippen molar-refractivity contribution in [3.8, 4) is 11.6 Å². The molecule has 0 atom stereocenters. The normalized spacial score (nSPS) is 11.3. The summed E-state index contributed by atoms with van der Waals surface area (Å²) in [4.78, 5) is 8.57. The summed E-state index contributed by atoms with van der Waals surface area (Å²) in [5, 5.41) is 0.605. The molecule has 0 unspecified atom stereocenters. The summed E-state index contributed by atoms with van der Waals surface area (Å²) in [5.74, 6) is 7.22. The zero-order valence-corrected chi connectivity index (χ0v) is 13.5. The molecule has 1 aromatic carbocycles. The molecule has 0 amide bonds. The fraction of sp³-hybridized carbons (Fsp3) is 0.333. The van der Waals surface area contributed by atoms with Gasteiger partial charge in [0.2, 0.25) is 5.88 Å². The molecule has 0 saturated carbocycles. The van der Waals surface area contributed by atoms with Gasteiger partial charge in [-0.15, -0.1) is 0 Å². The van der Waals surface area contributed by atoms with Crippen molar-refractivity contribution in [2.75, 3.05) is 11.7 Å². The number of thioether (sulfide) groups is 1. The number of hydrogen-bond acceptors (Lipinski definition) is 6.